The fourth-order valence-corrected chi connectivity index (χ4v) is 3.89. The first kappa shape index (κ1) is 21.6. The predicted octanol–water partition coefficient (Wildman–Crippen LogP) is 5.61. The van der Waals surface area contributed by atoms with Crippen LogP contribution in [0.2, 0.25) is 0 Å². The van der Waals surface area contributed by atoms with Gasteiger partial charge in [0, 0.05) is 0 Å². The average molecular weight is 449 g/mol. The molecule has 0 unspecified atom stereocenters. The number of rotatable bonds is 6. The Morgan fingerprint density at radius 3 is 2.62 bits per heavy atom. The van der Waals surface area contributed by atoms with E-state index in [2.05, 4.69) is 10.3 Å². The highest BCUT2D eigenvalue weighted by molar-refractivity contribution is 8.18. The molecule has 0 aromatic heterocycles. The quantitative estimate of drug-likeness (QED) is 0.498. The second-order valence-corrected chi connectivity index (χ2v) is 8.18. The van der Waals surface area contributed by atoms with Crippen molar-refractivity contribution in [1.29, 1.82) is 0 Å². The number of ether oxygens (including phenoxy) is 2. The number of hydrogen-bond donors (Lipinski definition) is 1. The van der Waals surface area contributed by atoms with Crippen molar-refractivity contribution in [3.63, 3.8) is 0 Å². The second-order valence-electron chi connectivity index (χ2n) is 7.15. The Bertz CT molecular complexity index is 1210. The number of nitrogens with zero attached hydrogens (tertiary/aromatic N) is 1. The van der Waals surface area contributed by atoms with E-state index in [0.29, 0.717) is 21.6 Å². The highest BCUT2D eigenvalue weighted by Crippen LogP contribution is 2.32. The Hall–Kier alpha value is -3.58. The number of carbonyl (C=O) groups excluding carboxylic acids is 1. The molecule has 1 fully saturated rings. The molecular weight excluding hydrogens is 427 g/mol. The van der Waals surface area contributed by atoms with Crippen LogP contribution in [-0.2, 0) is 11.4 Å². The Morgan fingerprint density at radius 2 is 1.88 bits per heavy atom. The van der Waals surface area contributed by atoms with E-state index in [-0.39, 0.29) is 18.3 Å². The minimum absolute atomic E-state index is 0.203. The zero-order valence-corrected chi connectivity index (χ0v) is 18.4. The maximum absolute atomic E-state index is 13.4. The molecule has 1 heterocycles. The van der Waals surface area contributed by atoms with Gasteiger partial charge in [0.1, 0.15) is 12.4 Å². The first-order valence-electron chi connectivity index (χ1n) is 9.92. The van der Waals surface area contributed by atoms with E-state index < -0.39 is 0 Å². The molecule has 3 aromatic rings. The van der Waals surface area contributed by atoms with Gasteiger partial charge in [-0.1, -0.05) is 35.9 Å². The van der Waals surface area contributed by atoms with Crippen LogP contribution < -0.4 is 14.8 Å². The number of nitrogens with one attached hydrogen (secondary N) is 1. The van der Waals surface area contributed by atoms with Gasteiger partial charge in [-0.15, -0.1) is 0 Å². The zero-order chi connectivity index (χ0) is 22.5. The van der Waals surface area contributed by atoms with Gasteiger partial charge in [-0.3, -0.25) is 4.79 Å². The van der Waals surface area contributed by atoms with E-state index in [0.717, 1.165) is 22.4 Å². The number of thioether (sulfide) groups is 1. The molecular formula is C25H21FN2O3S. The molecule has 0 atom stereocenters. The van der Waals surface area contributed by atoms with Crippen LogP contribution >= 0.6 is 11.8 Å². The number of hydrogen-bond acceptors (Lipinski definition) is 5. The Balaban J connectivity index is 1.48. The first-order chi connectivity index (χ1) is 15.5. The van der Waals surface area contributed by atoms with Crippen molar-refractivity contribution < 1.29 is 18.7 Å². The minimum atomic E-state index is -0.308. The third kappa shape index (κ3) is 5.36. The Morgan fingerprint density at radius 1 is 1.06 bits per heavy atom. The first-order valence-corrected chi connectivity index (χ1v) is 10.7. The number of halogens is 1. The molecule has 0 saturated carbocycles. The number of aryl methyl sites for hydroxylation is 1. The number of benzene rings is 3. The van der Waals surface area contributed by atoms with Crippen LogP contribution in [0, 0.1) is 12.7 Å². The smallest absolute Gasteiger partial charge is 0.264 e. The number of carbonyl (C=O) groups is 1. The maximum atomic E-state index is 13.4. The molecule has 1 N–H and O–H groups in total. The molecule has 32 heavy (non-hydrogen) atoms. The van der Waals surface area contributed by atoms with Crippen molar-refractivity contribution in [1.82, 2.24) is 5.32 Å². The van der Waals surface area contributed by atoms with Crippen molar-refractivity contribution in [2.45, 2.75) is 13.5 Å². The third-order valence-corrected chi connectivity index (χ3v) is 5.59. The molecule has 0 spiro atoms. The fraction of sp³-hybridized carbons (Fsp3) is 0.120. The number of methoxy groups -OCH3 is 1. The van der Waals surface area contributed by atoms with E-state index in [4.69, 9.17) is 9.47 Å². The standard InChI is InChI=1S/C25H21FN2O3S/c1-16-6-9-20(10-7-16)27-25-28-24(29)23(32-25)14-17-8-11-21(22(13-17)30-2)31-15-18-4-3-5-19(26)12-18/h3-14H,15H2,1-2H3,(H,27,28,29)/b23-14-. The Kier molecular flexibility index (Phi) is 6.56. The van der Waals surface area contributed by atoms with Gasteiger partial charge in [0.05, 0.1) is 17.7 Å². The molecule has 5 nitrogen and oxygen atoms in total. The van der Waals surface area contributed by atoms with Crippen molar-refractivity contribution in [3.8, 4) is 11.5 Å². The highest BCUT2D eigenvalue weighted by Gasteiger charge is 2.24. The van der Waals surface area contributed by atoms with Crippen LogP contribution in [-0.4, -0.2) is 18.2 Å². The van der Waals surface area contributed by atoms with Gasteiger partial charge >= 0.3 is 0 Å². The monoisotopic (exact) mass is 448 g/mol. The molecule has 162 valence electrons. The molecule has 0 aliphatic carbocycles. The molecule has 1 aliphatic heterocycles. The third-order valence-electron chi connectivity index (χ3n) is 4.68. The van der Waals surface area contributed by atoms with Gasteiger partial charge in [0.25, 0.3) is 5.91 Å². The number of aliphatic imine (C=N–C) groups is 1. The molecule has 0 radical (unpaired) electrons. The van der Waals surface area contributed by atoms with Crippen LogP contribution in [0.1, 0.15) is 16.7 Å². The van der Waals surface area contributed by atoms with Crippen molar-refractivity contribution in [2.75, 3.05) is 7.11 Å². The largest absolute Gasteiger partial charge is 0.493 e. The van der Waals surface area contributed by atoms with E-state index in [9.17, 15) is 9.18 Å². The molecule has 4 rings (SSSR count). The lowest BCUT2D eigenvalue weighted by Crippen LogP contribution is -2.19. The number of amides is 1. The summed E-state index contributed by atoms with van der Waals surface area (Å²) in [5, 5.41) is 3.32. The van der Waals surface area contributed by atoms with E-state index in [1.54, 1.807) is 37.5 Å². The lowest BCUT2D eigenvalue weighted by Gasteiger charge is -2.11. The van der Waals surface area contributed by atoms with Crippen LogP contribution in [0.3, 0.4) is 0 Å². The summed E-state index contributed by atoms with van der Waals surface area (Å²) in [6.45, 7) is 2.22. The highest BCUT2D eigenvalue weighted by atomic mass is 32.2. The van der Waals surface area contributed by atoms with Crippen LogP contribution in [0.5, 0.6) is 11.5 Å². The Labute approximate surface area is 190 Å². The molecule has 1 saturated heterocycles. The van der Waals surface area contributed by atoms with Crippen molar-refractivity contribution in [3.05, 3.63) is 94.1 Å². The lowest BCUT2D eigenvalue weighted by molar-refractivity contribution is -0.115. The van der Waals surface area contributed by atoms with E-state index in [1.807, 2.05) is 37.3 Å². The van der Waals surface area contributed by atoms with Crippen LogP contribution in [0.4, 0.5) is 10.1 Å². The molecule has 1 amide bonds. The summed E-state index contributed by atoms with van der Waals surface area (Å²) in [4.78, 5) is 17.4. The summed E-state index contributed by atoms with van der Waals surface area (Å²) in [5.74, 6) is 0.542. The number of amidine groups is 1. The van der Waals surface area contributed by atoms with Crippen molar-refractivity contribution in [2.24, 2.45) is 4.99 Å². The van der Waals surface area contributed by atoms with Crippen LogP contribution in [0.15, 0.2) is 76.6 Å². The predicted molar refractivity (Wildman–Crippen MR) is 126 cm³/mol. The molecule has 3 aromatic carbocycles. The normalized spacial score (nSPS) is 15.8. The molecule has 1 aliphatic rings. The van der Waals surface area contributed by atoms with Crippen molar-refractivity contribution >= 4 is 34.6 Å². The van der Waals surface area contributed by atoms with Gasteiger partial charge in [-0.2, -0.15) is 0 Å². The average Bonchev–Trinajstić information content (AvgIpc) is 3.12. The fourth-order valence-electron chi connectivity index (χ4n) is 3.05. The van der Waals surface area contributed by atoms with Gasteiger partial charge < -0.3 is 14.8 Å². The van der Waals surface area contributed by atoms with E-state index >= 15 is 0 Å². The van der Waals surface area contributed by atoms with Gasteiger partial charge in [0.15, 0.2) is 16.7 Å². The second kappa shape index (κ2) is 9.70. The van der Waals surface area contributed by atoms with E-state index in [1.165, 1.54) is 23.9 Å². The lowest BCUT2D eigenvalue weighted by atomic mass is 10.2. The maximum Gasteiger partial charge on any atom is 0.264 e. The van der Waals surface area contributed by atoms with Gasteiger partial charge in [-0.25, -0.2) is 9.38 Å². The molecule has 7 heteroatoms. The van der Waals surface area contributed by atoms with Gasteiger partial charge in [0.2, 0.25) is 0 Å². The summed E-state index contributed by atoms with van der Waals surface area (Å²) in [7, 11) is 1.55. The topological polar surface area (TPSA) is 59.9 Å². The van der Waals surface area contributed by atoms with Crippen LogP contribution in [0.25, 0.3) is 6.08 Å². The summed E-state index contributed by atoms with van der Waals surface area (Å²) < 4.78 is 24.6. The SMILES string of the molecule is COc1cc(/C=C2\SC(=Nc3ccc(C)cc3)NC2=O)ccc1OCc1cccc(F)c1. The minimum Gasteiger partial charge on any atom is -0.493 e. The summed E-state index contributed by atoms with van der Waals surface area (Å²) >= 11 is 1.28. The van der Waals surface area contributed by atoms with Gasteiger partial charge in [-0.05, 0) is 72.3 Å². The zero-order valence-electron chi connectivity index (χ0n) is 17.6. The summed E-state index contributed by atoms with van der Waals surface area (Å²) in [5.41, 5.74) is 3.43. The molecule has 0 bridgehead atoms. The summed E-state index contributed by atoms with van der Waals surface area (Å²) in [6, 6.07) is 19.4. The summed E-state index contributed by atoms with van der Waals surface area (Å²) in [6.07, 6.45) is 1.77.